The number of hydrogen-bond acceptors (Lipinski definition) is 5. The molecule has 1 rings (SSSR count). The molecule has 72 valence electrons. The van der Waals surface area contributed by atoms with Gasteiger partial charge in [-0.25, -0.2) is 4.98 Å². The number of pyridine rings is 1. The minimum Gasteiger partial charge on any atom is -0.396 e. The summed E-state index contributed by atoms with van der Waals surface area (Å²) in [6, 6.07) is 1.45. The van der Waals surface area contributed by atoms with Crippen molar-refractivity contribution in [3.8, 4) is 0 Å². The van der Waals surface area contributed by atoms with Crippen molar-refractivity contribution in [2.45, 2.75) is 12.5 Å². The summed E-state index contributed by atoms with van der Waals surface area (Å²) in [6.07, 6.45) is 2.07. The van der Waals surface area contributed by atoms with E-state index in [0.29, 0.717) is 17.9 Å². The minimum absolute atomic E-state index is 0.0471. The van der Waals surface area contributed by atoms with Crippen LogP contribution in [0.3, 0.4) is 0 Å². The highest BCUT2D eigenvalue weighted by Crippen LogP contribution is 2.18. The monoisotopic (exact) mass is 182 g/mol. The number of aliphatic hydroxyl groups excluding tert-OH is 1. The van der Waals surface area contributed by atoms with Gasteiger partial charge in [-0.05, 0) is 18.1 Å². The Morgan fingerprint density at radius 3 is 2.69 bits per heavy atom. The third kappa shape index (κ3) is 2.30. The first-order chi connectivity index (χ1) is 6.15. The molecular weight excluding hydrogens is 168 g/mol. The zero-order valence-electron chi connectivity index (χ0n) is 7.27. The Bertz CT molecular complexity index is 289. The van der Waals surface area contributed by atoms with Crippen molar-refractivity contribution >= 4 is 11.5 Å². The standard InChI is InChI=1S/C8H14N4O/c9-6(1-2-13)5-3-7(10)8(11)12-4-5/h3-4,6,13H,1-2,9-10H2,(H2,11,12). The lowest BCUT2D eigenvalue weighted by atomic mass is 10.1. The quantitative estimate of drug-likeness (QED) is 0.509. The minimum atomic E-state index is -0.236. The Labute approximate surface area is 76.6 Å². The van der Waals surface area contributed by atoms with E-state index in [4.69, 9.17) is 22.3 Å². The van der Waals surface area contributed by atoms with Gasteiger partial charge in [0.15, 0.2) is 0 Å². The first kappa shape index (κ1) is 9.76. The first-order valence-electron chi connectivity index (χ1n) is 4.02. The second-order valence-electron chi connectivity index (χ2n) is 2.86. The van der Waals surface area contributed by atoms with E-state index in [1.54, 1.807) is 12.3 Å². The van der Waals surface area contributed by atoms with Gasteiger partial charge >= 0.3 is 0 Å². The van der Waals surface area contributed by atoms with E-state index in [2.05, 4.69) is 4.98 Å². The van der Waals surface area contributed by atoms with Crippen molar-refractivity contribution in [2.24, 2.45) is 5.73 Å². The first-order valence-corrected chi connectivity index (χ1v) is 4.02. The largest absolute Gasteiger partial charge is 0.396 e. The lowest BCUT2D eigenvalue weighted by molar-refractivity contribution is 0.276. The van der Waals surface area contributed by atoms with Crippen LogP contribution in [0.25, 0.3) is 0 Å². The summed E-state index contributed by atoms with van der Waals surface area (Å²) >= 11 is 0. The fourth-order valence-electron chi connectivity index (χ4n) is 1.02. The number of aromatic nitrogens is 1. The Hall–Kier alpha value is -1.33. The van der Waals surface area contributed by atoms with E-state index in [-0.39, 0.29) is 12.6 Å². The summed E-state index contributed by atoms with van der Waals surface area (Å²) in [7, 11) is 0. The molecule has 0 spiro atoms. The lowest BCUT2D eigenvalue weighted by Crippen LogP contribution is -2.13. The highest BCUT2D eigenvalue weighted by atomic mass is 16.3. The van der Waals surface area contributed by atoms with Gasteiger partial charge in [0.05, 0.1) is 5.69 Å². The molecule has 1 aromatic heterocycles. The Morgan fingerprint density at radius 1 is 1.46 bits per heavy atom. The summed E-state index contributed by atoms with van der Waals surface area (Å²) in [6.45, 7) is 0.0471. The van der Waals surface area contributed by atoms with Gasteiger partial charge in [0, 0.05) is 18.8 Å². The van der Waals surface area contributed by atoms with E-state index >= 15 is 0 Å². The molecule has 5 nitrogen and oxygen atoms in total. The van der Waals surface area contributed by atoms with Crippen molar-refractivity contribution in [3.63, 3.8) is 0 Å². The van der Waals surface area contributed by atoms with Crippen molar-refractivity contribution in [2.75, 3.05) is 18.1 Å². The van der Waals surface area contributed by atoms with Crippen LogP contribution in [0.15, 0.2) is 12.3 Å². The molecule has 7 N–H and O–H groups in total. The lowest BCUT2D eigenvalue weighted by Gasteiger charge is -2.10. The van der Waals surface area contributed by atoms with Gasteiger partial charge < -0.3 is 22.3 Å². The van der Waals surface area contributed by atoms with Gasteiger partial charge in [0.25, 0.3) is 0 Å². The Morgan fingerprint density at radius 2 is 2.15 bits per heavy atom. The second-order valence-corrected chi connectivity index (χ2v) is 2.86. The summed E-state index contributed by atoms with van der Waals surface area (Å²) in [5.41, 5.74) is 17.9. The molecule has 1 heterocycles. The molecule has 0 bridgehead atoms. The van der Waals surface area contributed by atoms with Crippen LogP contribution in [-0.4, -0.2) is 16.7 Å². The molecular formula is C8H14N4O. The zero-order valence-corrected chi connectivity index (χ0v) is 7.27. The molecule has 5 heteroatoms. The van der Waals surface area contributed by atoms with Crippen LogP contribution in [-0.2, 0) is 0 Å². The normalized spacial score (nSPS) is 12.8. The molecule has 0 aliphatic carbocycles. The Balaban J connectivity index is 2.84. The molecule has 1 unspecified atom stereocenters. The maximum atomic E-state index is 8.67. The smallest absolute Gasteiger partial charge is 0.146 e. The molecule has 1 atom stereocenters. The van der Waals surface area contributed by atoms with Crippen LogP contribution in [0.2, 0.25) is 0 Å². The second kappa shape index (κ2) is 4.06. The van der Waals surface area contributed by atoms with E-state index in [0.717, 1.165) is 5.56 Å². The summed E-state index contributed by atoms with van der Waals surface area (Å²) in [4.78, 5) is 3.87. The topological polar surface area (TPSA) is 111 Å². The number of nitrogens with two attached hydrogens (primary N) is 3. The van der Waals surface area contributed by atoms with Crippen LogP contribution in [0, 0.1) is 0 Å². The van der Waals surface area contributed by atoms with Crippen LogP contribution >= 0.6 is 0 Å². The van der Waals surface area contributed by atoms with E-state index in [9.17, 15) is 0 Å². The zero-order chi connectivity index (χ0) is 9.84. The van der Waals surface area contributed by atoms with Crippen LogP contribution in [0.4, 0.5) is 11.5 Å². The molecule has 0 aromatic carbocycles. The highest BCUT2D eigenvalue weighted by Gasteiger charge is 2.07. The summed E-state index contributed by atoms with van der Waals surface area (Å²) in [5, 5.41) is 8.67. The van der Waals surface area contributed by atoms with E-state index in [1.807, 2.05) is 0 Å². The van der Waals surface area contributed by atoms with Crippen LogP contribution in [0.1, 0.15) is 18.0 Å². The summed E-state index contributed by atoms with van der Waals surface area (Å²) in [5.74, 6) is 0.306. The average molecular weight is 182 g/mol. The molecule has 0 aliphatic rings. The van der Waals surface area contributed by atoms with Crippen molar-refractivity contribution in [1.82, 2.24) is 4.98 Å². The van der Waals surface area contributed by atoms with Crippen LogP contribution in [0.5, 0.6) is 0 Å². The fourth-order valence-corrected chi connectivity index (χ4v) is 1.02. The number of aliphatic hydroxyl groups is 1. The SMILES string of the molecule is Nc1cc(C(N)CCO)cnc1N. The number of nitrogens with zero attached hydrogens (tertiary/aromatic N) is 1. The molecule has 0 saturated carbocycles. The van der Waals surface area contributed by atoms with E-state index in [1.165, 1.54) is 0 Å². The predicted molar refractivity (Wildman–Crippen MR) is 51.7 cm³/mol. The number of rotatable bonds is 3. The van der Waals surface area contributed by atoms with Gasteiger partial charge in [0.1, 0.15) is 5.82 Å². The molecule has 0 amide bonds. The summed E-state index contributed by atoms with van der Waals surface area (Å²) < 4.78 is 0. The van der Waals surface area contributed by atoms with Gasteiger partial charge in [-0.2, -0.15) is 0 Å². The maximum Gasteiger partial charge on any atom is 0.146 e. The van der Waals surface area contributed by atoms with Gasteiger partial charge in [0.2, 0.25) is 0 Å². The van der Waals surface area contributed by atoms with Gasteiger partial charge in [-0.3, -0.25) is 0 Å². The van der Waals surface area contributed by atoms with Crippen molar-refractivity contribution in [1.29, 1.82) is 0 Å². The molecule has 0 saturated heterocycles. The average Bonchev–Trinajstić information content (AvgIpc) is 2.10. The van der Waals surface area contributed by atoms with Crippen LogP contribution < -0.4 is 17.2 Å². The Kier molecular flexibility index (Phi) is 3.05. The molecule has 1 aromatic rings. The third-order valence-electron chi connectivity index (χ3n) is 1.84. The predicted octanol–water partition coefficient (Wildman–Crippen LogP) is -0.372. The van der Waals surface area contributed by atoms with E-state index < -0.39 is 0 Å². The van der Waals surface area contributed by atoms with Crippen molar-refractivity contribution < 1.29 is 5.11 Å². The number of anilines is 2. The molecule has 0 aliphatic heterocycles. The fraction of sp³-hybridized carbons (Fsp3) is 0.375. The van der Waals surface area contributed by atoms with Crippen molar-refractivity contribution in [3.05, 3.63) is 17.8 Å². The molecule has 0 radical (unpaired) electrons. The molecule has 13 heavy (non-hydrogen) atoms. The third-order valence-corrected chi connectivity index (χ3v) is 1.84. The maximum absolute atomic E-state index is 8.67. The van der Waals surface area contributed by atoms with Gasteiger partial charge in [-0.15, -0.1) is 0 Å². The number of hydrogen-bond donors (Lipinski definition) is 4. The highest BCUT2D eigenvalue weighted by molar-refractivity contribution is 5.58. The van der Waals surface area contributed by atoms with Gasteiger partial charge in [-0.1, -0.05) is 0 Å². The molecule has 0 fully saturated rings. The number of nitrogen functional groups attached to an aromatic ring is 2.